The van der Waals surface area contributed by atoms with Crippen LogP contribution >= 0.6 is 31.9 Å². The second-order valence-corrected chi connectivity index (χ2v) is 10.2. The van der Waals surface area contributed by atoms with Crippen LogP contribution in [0.3, 0.4) is 0 Å². The SMILES string of the molecule is O=C(O)c1cccc(-n2nnc(S(=O)(=O)c3ccc(Br)cc3)c2-c2ccc(Br)cc2)c1. The van der Waals surface area contributed by atoms with Gasteiger partial charge in [0.2, 0.25) is 14.9 Å². The summed E-state index contributed by atoms with van der Waals surface area (Å²) in [6, 6.07) is 19.3. The van der Waals surface area contributed by atoms with Crippen LogP contribution < -0.4 is 0 Å². The van der Waals surface area contributed by atoms with E-state index in [-0.39, 0.29) is 21.2 Å². The summed E-state index contributed by atoms with van der Waals surface area (Å²) in [6.07, 6.45) is 0. The smallest absolute Gasteiger partial charge is 0.335 e. The van der Waals surface area contributed by atoms with Gasteiger partial charge in [-0.1, -0.05) is 55.3 Å². The van der Waals surface area contributed by atoms with Crippen LogP contribution in [0.1, 0.15) is 10.4 Å². The number of carboxylic acids is 1. The Labute approximate surface area is 194 Å². The summed E-state index contributed by atoms with van der Waals surface area (Å²) in [4.78, 5) is 11.5. The van der Waals surface area contributed by atoms with Crippen LogP contribution in [-0.2, 0) is 9.84 Å². The molecule has 156 valence electrons. The third-order valence-electron chi connectivity index (χ3n) is 4.47. The van der Waals surface area contributed by atoms with Gasteiger partial charge < -0.3 is 5.11 Å². The fraction of sp³-hybridized carbons (Fsp3) is 0. The Morgan fingerprint density at radius 1 is 0.903 bits per heavy atom. The van der Waals surface area contributed by atoms with E-state index in [1.807, 2.05) is 0 Å². The van der Waals surface area contributed by atoms with Crippen molar-refractivity contribution in [1.29, 1.82) is 0 Å². The molecular weight excluding hydrogens is 550 g/mol. The van der Waals surface area contributed by atoms with E-state index >= 15 is 0 Å². The van der Waals surface area contributed by atoms with Crippen molar-refractivity contribution in [3.05, 3.63) is 87.3 Å². The molecule has 0 saturated carbocycles. The first-order valence-electron chi connectivity index (χ1n) is 8.83. The minimum Gasteiger partial charge on any atom is -0.478 e. The highest BCUT2D eigenvalue weighted by molar-refractivity contribution is 9.10. The summed E-state index contributed by atoms with van der Waals surface area (Å²) in [5.74, 6) is -1.10. The summed E-state index contributed by atoms with van der Waals surface area (Å²) in [7, 11) is -4.00. The highest BCUT2D eigenvalue weighted by atomic mass is 79.9. The summed E-state index contributed by atoms with van der Waals surface area (Å²) in [6.45, 7) is 0. The number of carbonyl (C=O) groups is 1. The molecule has 0 atom stereocenters. The number of sulfone groups is 1. The zero-order valence-corrected chi connectivity index (χ0v) is 19.6. The Hall–Kier alpha value is -2.82. The van der Waals surface area contributed by atoms with Crippen molar-refractivity contribution in [2.75, 3.05) is 0 Å². The fourth-order valence-electron chi connectivity index (χ4n) is 2.98. The largest absolute Gasteiger partial charge is 0.478 e. The highest BCUT2D eigenvalue weighted by Gasteiger charge is 2.29. The van der Waals surface area contributed by atoms with Crippen molar-refractivity contribution < 1.29 is 18.3 Å². The number of nitrogens with zero attached hydrogens (tertiary/aromatic N) is 3. The van der Waals surface area contributed by atoms with Gasteiger partial charge in [0.1, 0.15) is 5.69 Å². The molecule has 0 fully saturated rings. The molecule has 10 heteroatoms. The first-order chi connectivity index (χ1) is 14.8. The standard InChI is InChI=1S/C21H13Br2N3O4S/c22-15-6-4-13(5-7-15)19-20(31(29,30)18-10-8-16(23)9-11-18)24-25-26(19)17-3-1-2-14(12-17)21(27)28/h1-12H,(H,27,28). The van der Waals surface area contributed by atoms with Gasteiger partial charge in [-0.05, 0) is 54.6 Å². The molecule has 0 radical (unpaired) electrons. The van der Waals surface area contributed by atoms with Crippen LogP contribution in [0.25, 0.3) is 16.9 Å². The molecule has 0 unspecified atom stereocenters. The number of rotatable bonds is 5. The second-order valence-electron chi connectivity index (χ2n) is 6.47. The third kappa shape index (κ3) is 4.18. The Morgan fingerprint density at radius 3 is 2.13 bits per heavy atom. The molecule has 3 aromatic carbocycles. The van der Waals surface area contributed by atoms with E-state index in [1.165, 1.54) is 28.9 Å². The maximum absolute atomic E-state index is 13.4. The molecule has 0 amide bonds. The molecule has 1 aromatic heterocycles. The van der Waals surface area contributed by atoms with E-state index in [1.54, 1.807) is 48.5 Å². The van der Waals surface area contributed by atoms with E-state index in [9.17, 15) is 18.3 Å². The number of halogens is 2. The van der Waals surface area contributed by atoms with Crippen molar-refractivity contribution >= 4 is 47.7 Å². The highest BCUT2D eigenvalue weighted by Crippen LogP contribution is 2.33. The molecule has 0 aliphatic carbocycles. The molecule has 0 spiro atoms. The van der Waals surface area contributed by atoms with E-state index < -0.39 is 15.8 Å². The number of aromatic nitrogens is 3. The number of hydrogen-bond acceptors (Lipinski definition) is 5. The van der Waals surface area contributed by atoms with Gasteiger partial charge in [0.25, 0.3) is 0 Å². The zero-order valence-electron chi connectivity index (χ0n) is 15.6. The second kappa shape index (κ2) is 8.37. The zero-order chi connectivity index (χ0) is 22.2. The number of benzene rings is 3. The summed E-state index contributed by atoms with van der Waals surface area (Å²) in [5, 5.41) is 17.2. The first-order valence-corrected chi connectivity index (χ1v) is 11.9. The van der Waals surface area contributed by atoms with Gasteiger partial charge in [0.15, 0.2) is 0 Å². The van der Waals surface area contributed by atoms with Crippen molar-refractivity contribution in [2.24, 2.45) is 0 Å². The van der Waals surface area contributed by atoms with Gasteiger partial charge in [0, 0.05) is 14.5 Å². The fourth-order valence-corrected chi connectivity index (χ4v) is 4.83. The average molecular weight is 563 g/mol. The monoisotopic (exact) mass is 561 g/mol. The lowest BCUT2D eigenvalue weighted by Gasteiger charge is -2.10. The molecule has 4 aromatic rings. The number of aromatic carboxylic acids is 1. The minimum absolute atomic E-state index is 0.0482. The van der Waals surface area contributed by atoms with Gasteiger partial charge in [-0.3, -0.25) is 0 Å². The van der Waals surface area contributed by atoms with Gasteiger partial charge in [-0.2, -0.15) is 0 Å². The molecule has 4 rings (SSSR count). The van der Waals surface area contributed by atoms with E-state index in [0.29, 0.717) is 11.3 Å². The van der Waals surface area contributed by atoms with E-state index in [4.69, 9.17) is 0 Å². The molecule has 0 aliphatic rings. The molecule has 0 saturated heterocycles. The maximum Gasteiger partial charge on any atom is 0.335 e. The van der Waals surface area contributed by atoms with Crippen molar-refractivity contribution in [1.82, 2.24) is 15.0 Å². The molecular formula is C21H13Br2N3O4S. The van der Waals surface area contributed by atoms with Gasteiger partial charge in [-0.15, -0.1) is 5.10 Å². The van der Waals surface area contributed by atoms with Gasteiger partial charge in [-0.25, -0.2) is 17.9 Å². The predicted molar refractivity (Wildman–Crippen MR) is 121 cm³/mol. The lowest BCUT2D eigenvalue weighted by Crippen LogP contribution is -2.06. The van der Waals surface area contributed by atoms with E-state index in [2.05, 4.69) is 42.2 Å². The molecule has 1 heterocycles. The first kappa shape index (κ1) is 21.4. The van der Waals surface area contributed by atoms with Crippen molar-refractivity contribution in [3.8, 4) is 16.9 Å². The normalized spacial score (nSPS) is 11.4. The number of hydrogen-bond donors (Lipinski definition) is 1. The van der Waals surface area contributed by atoms with Crippen LogP contribution in [-0.4, -0.2) is 34.5 Å². The van der Waals surface area contributed by atoms with Gasteiger partial charge >= 0.3 is 5.97 Å². The summed E-state index contributed by atoms with van der Waals surface area (Å²) in [5.41, 5.74) is 1.22. The topological polar surface area (TPSA) is 102 Å². The van der Waals surface area contributed by atoms with Gasteiger partial charge in [0.05, 0.1) is 16.1 Å². The van der Waals surface area contributed by atoms with Crippen LogP contribution in [0.15, 0.2) is 91.7 Å². The maximum atomic E-state index is 13.4. The van der Waals surface area contributed by atoms with Crippen LogP contribution in [0.4, 0.5) is 0 Å². The lowest BCUT2D eigenvalue weighted by atomic mass is 10.1. The lowest BCUT2D eigenvalue weighted by molar-refractivity contribution is 0.0697. The summed E-state index contributed by atoms with van der Waals surface area (Å²) < 4.78 is 29.7. The van der Waals surface area contributed by atoms with Crippen molar-refractivity contribution in [3.63, 3.8) is 0 Å². The van der Waals surface area contributed by atoms with Crippen molar-refractivity contribution in [2.45, 2.75) is 9.92 Å². The quantitative estimate of drug-likeness (QED) is 0.367. The van der Waals surface area contributed by atoms with Crippen LogP contribution in [0.2, 0.25) is 0 Å². The number of carboxylic acid groups (broad SMARTS) is 1. The third-order valence-corrected chi connectivity index (χ3v) is 7.21. The molecule has 0 bridgehead atoms. The molecule has 31 heavy (non-hydrogen) atoms. The Bertz CT molecular complexity index is 1380. The Kier molecular flexibility index (Phi) is 5.78. The Balaban J connectivity index is 1.97. The summed E-state index contributed by atoms with van der Waals surface area (Å²) >= 11 is 6.67. The molecule has 1 N–H and O–H groups in total. The molecule has 7 nitrogen and oxygen atoms in total. The van der Waals surface area contributed by atoms with E-state index in [0.717, 1.165) is 8.95 Å². The average Bonchev–Trinajstić information content (AvgIpc) is 3.21. The molecule has 0 aliphatic heterocycles. The van der Waals surface area contributed by atoms with Crippen LogP contribution in [0, 0.1) is 0 Å². The Morgan fingerprint density at radius 2 is 1.52 bits per heavy atom. The minimum atomic E-state index is -4.00. The predicted octanol–water partition coefficient (Wildman–Crippen LogP) is 4.99. The van der Waals surface area contributed by atoms with Crippen LogP contribution in [0.5, 0.6) is 0 Å².